The summed E-state index contributed by atoms with van der Waals surface area (Å²) in [5.74, 6) is -0.333. The van der Waals surface area contributed by atoms with Crippen LogP contribution in [0, 0.1) is 5.82 Å². The standard InChI is InChI=1S/C29H32ClFN6O5/c1-28(2,32)20-13-23(17-7-8-22(31)21(30)11-17)33-26(14-20)29(3,40)10-9-24(38)18-5-6-19(25(12-18)41-4)15-42-16-37-27(39)34-35-36-37/h5-8,11-14,40H,9-10,15-16,32H2,1-4H3,(H,34,36,39). The maximum atomic E-state index is 13.8. The molecule has 0 aliphatic carbocycles. The van der Waals surface area contributed by atoms with Crippen molar-refractivity contribution in [2.24, 2.45) is 5.73 Å². The van der Waals surface area contributed by atoms with Crippen molar-refractivity contribution < 1.29 is 23.8 Å². The van der Waals surface area contributed by atoms with Crippen LogP contribution < -0.4 is 16.2 Å². The lowest BCUT2D eigenvalue weighted by molar-refractivity contribution is 0.0396. The number of hydrogen-bond donors (Lipinski definition) is 3. The van der Waals surface area contributed by atoms with Crippen molar-refractivity contribution in [3.63, 3.8) is 0 Å². The normalized spacial score (nSPS) is 13.1. The number of benzene rings is 2. The van der Waals surface area contributed by atoms with Gasteiger partial charge in [-0.05, 0) is 79.6 Å². The molecule has 42 heavy (non-hydrogen) atoms. The first-order valence-electron chi connectivity index (χ1n) is 13.0. The van der Waals surface area contributed by atoms with Gasteiger partial charge in [-0.3, -0.25) is 4.79 Å². The van der Waals surface area contributed by atoms with Gasteiger partial charge in [-0.1, -0.05) is 23.7 Å². The SMILES string of the molecule is COc1cc(C(=O)CCC(C)(O)c2cc(C(C)(C)N)cc(-c3ccc(F)c(Cl)c3)n2)ccc1COCn1nn[nH]c1=O. The summed E-state index contributed by atoms with van der Waals surface area (Å²) in [5.41, 5.74) is 6.72. The molecule has 4 rings (SSSR count). The van der Waals surface area contributed by atoms with E-state index >= 15 is 0 Å². The van der Waals surface area contributed by atoms with Crippen molar-refractivity contribution in [2.45, 2.75) is 58.1 Å². The molecule has 2 aromatic carbocycles. The first-order valence-corrected chi connectivity index (χ1v) is 13.4. The van der Waals surface area contributed by atoms with Crippen molar-refractivity contribution >= 4 is 17.4 Å². The summed E-state index contributed by atoms with van der Waals surface area (Å²) >= 11 is 6.00. The summed E-state index contributed by atoms with van der Waals surface area (Å²) in [6.07, 6.45) is 0.0766. The van der Waals surface area contributed by atoms with E-state index in [0.29, 0.717) is 39.4 Å². The van der Waals surface area contributed by atoms with Crippen LogP contribution in [0.25, 0.3) is 11.3 Å². The van der Waals surface area contributed by atoms with Crippen molar-refractivity contribution in [2.75, 3.05) is 7.11 Å². The van der Waals surface area contributed by atoms with E-state index in [0.717, 1.165) is 4.68 Å². The summed E-state index contributed by atoms with van der Waals surface area (Å²) in [6, 6.07) is 12.7. The van der Waals surface area contributed by atoms with Crippen LogP contribution in [0.1, 0.15) is 60.8 Å². The number of ether oxygens (including phenoxy) is 2. The molecular formula is C29H32ClFN6O5. The minimum absolute atomic E-state index is 0.0106. The van der Waals surface area contributed by atoms with Gasteiger partial charge < -0.3 is 20.3 Å². The number of aliphatic hydroxyl groups is 1. The molecule has 2 heterocycles. The van der Waals surface area contributed by atoms with Crippen molar-refractivity contribution in [3.8, 4) is 17.0 Å². The Labute approximate surface area is 246 Å². The number of hydrogen-bond acceptors (Lipinski definition) is 9. The number of nitrogens with zero attached hydrogens (tertiary/aromatic N) is 4. The Morgan fingerprint density at radius 3 is 2.57 bits per heavy atom. The molecule has 11 nitrogen and oxygen atoms in total. The van der Waals surface area contributed by atoms with E-state index in [1.54, 1.807) is 43.3 Å². The lowest BCUT2D eigenvalue weighted by Crippen LogP contribution is -2.31. The number of pyridine rings is 1. The summed E-state index contributed by atoms with van der Waals surface area (Å²) in [5, 5.41) is 20.6. The summed E-state index contributed by atoms with van der Waals surface area (Å²) in [6.45, 7) is 5.22. The smallest absolute Gasteiger partial charge is 0.363 e. The lowest BCUT2D eigenvalue weighted by Gasteiger charge is -2.27. The first-order chi connectivity index (χ1) is 19.8. The molecule has 0 aliphatic rings. The molecule has 2 aromatic heterocycles. The van der Waals surface area contributed by atoms with Crippen molar-refractivity contribution in [1.29, 1.82) is 0 Å². The van der Waals surface area contributed by atoms with E-state index in [4.69, 9.17) is 26.8 Å². The third-order valence-electron chi connectivity index (χ3n) is 6.79. The van der Waals surface area contributed by atoms with Gasteiger partial charge >= 0.3 is 5.69 Å². The van der Waals surface area contributed by atoms with Gasteiger partial charge in [0.05, 0.1) is 30.1 Å². The summed E-state index contributed by atoms with van der Waals surface area (Å²) in [7, 11) is 1.48. The van der Waals surface area contributed by atoms with Crippen LogP contribution in [-0.2, 0) is 29.2 Å². The predicted molar refractivity (Wildman–Crippen MR) is 153 cm³/mol. The van der Waals surface area contributed by atoms with Crippen LogP contribution in [0.5, 0.6) is 5.75 Å². The van der Waals surface area contributed by atoms with Crippen LogP contribution in [-0.4, -0.2) is 43.2 Å². The quantitative estimate of drug-likeness (QED) is 0.204. The van der Waals surface area contributed by atoms with Gasteiger partial charge in [-0.2, -0.15) is 4.68 Å². The fourth-order valence-corrected chi connectivity index (χ4v) is 4.37. The number of nitrogens with one attached hydrogen (secondary N) is 1. The monoisotopic (exact) mass is 598 g/mol. The Morgan fingerprint density at radius 2 is 1.93 bits per heavy atom. The Balaban J connectivity index is 1.50. The highest BCUT2D eigenvalue weighted by atomic mass is 35.5. The second kappa shape index (κ2) is 12.5. The molecule has 1 unspecified atom stereocenters. The Hall–Kier alpha value is -3.97. The van der Waals surface area contributed by atoms with E-state index < -0.39 is 22.6 Å². The number of nitrogens with two attached hydrogens (primary N) is 1. The minimum Gasteiger partial charge on any atom is -0.496 e. The number of ketones is 1. The number of carbonyl (C=O) groups excluding carboxylic acids is 1. The Morgan fingerprint density at radius 1 is 1.17 bits per heavy atom. The zero-order valence-corrected chi connectivity index (χ0v) is 24.4. The van der Waals surface area contributed by atoms with E-state index in [-0.39, 0.29) is 37.0 Å². The average Bonchev–Trinajstić information content (AvgIpc) is 3.36. The zero-order valence-electron chi connectivity index (χ0n) is 23.6. The van der Waals surface area contributed by atoms with Gasteiger partial charge in [0, 0.05) is 28.7 Å². The van der Waals surface area contributed by atoms with Gasteiger partial charge in [0.1, 0.15) is 23.9 Å². The number of carbonyl (C=O) groups is 1. The van der Waals surface area contributed by atoms with Gasteiger partial charge in [-0.15, -0.1) is 0 Å². The lowest BCUT2D eigenvalue weighted by atomic mass is 9.88. The highest BCUT2D eigenvalue weighted by molar-refractivity contribution is 6.31. The molecule has 4 N–H and O–H groups in total. The molecule has 0 amide bonds. The number of aromatic amines is 1. The van der Waals surface area contributed by atoms with E-state index in [1.165, 1.54) is 19.2 Å². The fourth-order valence-electron chi connectivity index (χ4n) is 4.19. The highest BCUT2D eigenvalue weighted by Crippen LogP contribution is 2.33. The molecule has 13 heteroatoms. The van der Waals surface area contributed by atoms with Crippen LogP contribution in [0.2, 0.25) is 5.02 Å². The van der Waals surface area contributed by atoms with E-state index in [1.807, 2.05) is 13.8 Å². The van der Waals surface area contributed by atoms with Crippen molar-refractivity contribution in [1.82, 2.24) is 25.2 Å². The van der Waals surface area contributed by atoms with E-state index in [9.17, 15) is 19.1 Å². The predicted octanol–water partition coefficient (Wildman–Crippen LogP) is 4.07. The molecule has 0 saturated heterocycles. The van der Waals surface area contributed by atoms with Crippen LogP contribution in [0.4, 0.5) is 4.39 Å². The number of Topliss-reactive ketones (excluding diaryl/α,β-unsaturated/α-hetero) is 1. The van der Waals surface area contributed by atoms with E-state index in [2.05, 4.69) is 20.5 Å². The molecule has 4 aromatic rings. The second-order valence-electron chi connectivity index (χ2n) is 10.7. The number of tetrazole rings is 1. The zero-order chi connectivity index (χ0) is 30.7. The maximum absolute atomic E-state index is 13.8. The summed E-state index contributed by atoms with van der Waals surface area (Å²) in [4.78, 5) is 29.3. The van der Waals surface area contributed by atoms with Crippen LogP contribution in [0.15, 0.2) is 53.3 Å². The number of methoxy groups -OCH3 is 1. The van der Waals surface area contributed by atoms with Crippen LogP contribution in [0.3, 0.4) is 0 Å². The van der Waals surface area contributed by atoms with Gasteiger partial charge in [0.15, 0.2) is 5.78 Å². The number of rotatable bonds is 12. The molecular weight excluding hydrogens is 567 g/mol. The number of halogens is 2. The molecule has 0 aliphatic heterocycles. The minimum atomic E-state index is -1.49. The van der Waals surface area contributed by atoms with Gasteiger partial charge in [0.2, 0.25) is 0 Å². The molecule has 0 radical (unpaired) electrons. The molecule has 0 bridgehead atoms. The largest absolute Gasteiger partial charge is 0.496 e. The Kier molecular flexibility index (Phi) is 9.21. The molecule has 0 saturated carbocycles. The molecule has 0 fully saturated rings. The molecule has 1 atom stereocenters. The topological polar surface area (TPSA) is 158 Å². The second-order valence-corrected chi connectivity index (χ2v) is 11.1. The maximum Gasteiger partial charge on any atom is 0.363 e. The molecule has 0 spiro atoms. The Bertz CT molecular complexity index is 1650. The third kappa shape index (κ3) is 7.26. The number of H-pyrrole nitrogens is 1. The van der Waals surface area contributed by atoms with Crippen molar-refractivity contribution in [3.05, 3.63) is 92.2 Å². The number of aromatic nitrogens is 5. The fraction of sp³-hybridized carbons (Fsp3) is 0.345. The first kappa shape index (κ1) is 31.0. The average molecular weight is 599 g/mol. The van der Waals surface area contributed by atoms with Crippen LogP contribution >= 0.6 is 11.6 Å². The molecule has 222 valence electrons. The van der Waals surface area contributed by atoms with Gasteiger partial charge in [-0.25, -0.2) is 19.3 Å². The highest BCUT2D eigenvalue weighted by Gasteiger charge is 2.29. The third-order valence-corrected chi connectivity index (χ3v) is 7.08. The summed E-state index contributed by atoms with van der Waals surface area (Å²) < 4.78 is 25.8. The van der Waals surface area contributed by atoms with Gasteiger partial charge in [0.25, 0.3) is 0 Å².